The number of amides is 2. The first-order valence-corrected chi connectivity index (χ1v) is 6.47. The van der Waals surface area contributed by atoms with Crippen molar-refractivity contribution in [3.63, 3.8) is 0 Å². The minimum atomic E-state index is -0.474. The van der Waals surface area contributed by atoms with Crippen LogP contribution in [0.2, 0.25) is 0 Å². The Bertz CT molecular complexity index is 525. The molecule has 1 aliphatic heterocycles. The largest absolute Gasteiger partial charge is 0.372 e. The van der Waals surface area contributed by atoms with Crippen molar-refractivity contribution in [1.82, 2.24) is 9.88 Å². The summed E-state index contributed by atoms with van der Waals surface area (Å²) in [5.74, 6) is -0.268. The molecule has 1 aromatic rings. The Balaban J connectivity index is 2.16. The van der Waals surface area contributed by atoms with Crippen molar-refractivity contribution in [3.05, 3.63) is 23.5 Å². The lowest BCUT2D eigenvalue weighted by Crippen LogP contribution is -2.39. The molecule has 1 aromatic heterocycles. The van der Waals surface area contributed by atoms with Crippen molar-refractivity contribution in [3.8, 4) is 0 Å². The molecule has 1 atom stereocenters. The molecule has 0 bridgehead atoms. The van der Waals surface area contributed by atoms with Crippen LogP contribution in [-0.2, 0) is 9.59 Å². The van der Waals surface area contributed by atoms with Crippen LogP contribution in [0.5, 0.6) is 0 Å². The zero-order chi connectivity index (χ0) is 14.2. The Morgan fingerprint density at radius 1 is 1.32 bits per heavy atom. The van der Waals surface area contributed by atoms with Crippen LogP contribution in [0.15, 0.2) is 12.1 Å². The van der Waals surface area contributed by atoms with E-state index < -0.39 is 6.04 Å². The van der Waals surface area contributed by atoms with Crippen molar-refractivity contribution >= 4 is 17.5 Å². The summed E-state index contributed by atoms with van der Waals surface area (Å²) in [6.07, 6.45) is 0.213. The van der Waals surface area contributed by atoms with Crippen molar-refractivity contribution in [2.24, 2.45) is 0 Å². The van der Waals surface area contributed by atoms with Crippen molar-refractivity contribution in [2.45, 2.75) is 46.2 Å². The van der Waals surface area contributed by atoms with Crippen LogP contribution in [0, 0.1) is 13.8 Å². The molecule has 2 amide bonds. The van der Waals surface area contributed by atoms with E-state index in [2.05, 4.69) is 10.3 Å². The quantitative estimate of drug-likeness (QED) is 0.840. The average Bonchev–Trinajstić information content (AvgIpc) is 2.58. The fourth-order valence-corrected chi connectivity index (χ4v) is 2.33. The standard InChI is InChI=1S/C14H19N3O2/c1-8(2)17-13(18)7-12(14(17)19)16-11-6-5-9(3)15-10(11)4/h5-6,8,12,16H,7H2,1-4H3. The second kappa shape index (κ2) is 4.99. The van der Waals surface area contributed by atoms with Crippen LogP contribution >= 0.6 is 0 Å². The number of rotatable bonds is 3. The lowest BCUT2D eigenvalue weighted by molar-refractivity contribution is -0.140. The van der Waals surface area contributed by atoms with Gasteiger partial charge >= 0.3 is 0 Å². The van der Waals surface area contributed by atoms with E-state index in [9.17, 15) is 9.59 Å². The molecule has 0 spiro atoms. The number of nitrogens with one attached hydrogen (secondary N) is 1. The fourth-order valence-electron chi connectivity index (χ4n) is 2.33. The second-order valence-corrected chi connectivity index (χ2v) is 5.18. The molecule has 1 N–H and O–H groups in total. The lowest BCUT2D eigenvalue weighted by atomic mass is 10.2. The molecule has 0 aromatic carbocycles. The number of pyridine rings is 1. The van der Waals surface area contributed by atoms with Crippen molar-refractivity contribution in [2.75, 3.05) is 5.32 Å². The number of aromatic nitrogens is 1. The number of hydrogen-bond donors (Lipinski definition) is 1. The van der Waals surface area contributed by atoms with Gasteiger partial charge in [-0.3, -0.25) is 19.5 Å². The average molecular weight is 261 g/mol. The molecule has 19 heavy (non-hydrogen) atoms. The van der Waals surface area contributed by atoms with E-state index in [1.54, 1.807) is 0 Å². The van der Waals surface area contributed by atoms with Gasteiger partial charge in [0.2, 0.25) is 5.91 Å². The van der Waals surface area contributed by atoms with Gasteiger partial charge in [-0.2, -0.15) is 0 Å². The number of aryl methyl sites for hydroxylation is 2. The van der Waals surface area contributed by atoms with E-state index in [0.717, 1.165) is 17.1 Å². The zero-order valence-electron chi connectivity index (χ0n) is 11.7. The molecule has 102 valence electrons. The molecule has 0 radical (unpaired) electrons. The number of carbonyl (C=O) groups is 2. The molecule has 1 aliphatic rings. The summed E-state index contributed by atoms with van der Waals surface area (Å²) in [5, 5.41) is 3.13. The summed E-state index contributed by atoms with van der Waals surface area (Å²) in [6.45, 7) is 7.49. The third-order valence-electron chi connectivity index (χ3n) is 3.25. The molecule has 0 saturated carbocycles. The van der Waals surface area contributed by atoms with Gasteiger partial charge in [0.05, 0.1) is 17.8 Å². The minimum absolute atomic E-state index is 0.0935. The van der Waals surface area contributed by atoms with Gasteiger partial charge < -0.3 is 5.32 Å². The molecule has 1 saturated heterocycles. The zero-order valence-corrected chi connectivity index (χ0v) is 11.7. The summed E-state index contributed by atoms with van der Waals surface area (Å²) >= 11 is 0. The molecule has 0 aliphatic carbocycles. The van der Waals surface area contributed by atoms with Crippen LogP contribution in [0.25, 0.3) is 0 Å². The van der Waals surface area contributed by atoms with E-state index in [-0.39, 0.29) is 24.3 Å². The van der Waals surface area contributed by atoms with Gasteiger partial charge in [-0.15, -0.1) is 0 Å². The summed E-state index contributed by atoms with van der Waals surface area (Å²) in [4.78, 5) is 29.6. The highest BCUT2D eigenvalue weighted by Gasteiger charge is 2.39. The Morgan fingerprint density at radius 3 is 2.53 bits per heavy atom. The van der Waals surface area contributed by atoms with Crippen molar-refractivity contribution < 1.29 is 9.59 Å². The van der Waals surface area contributed by atoms with Gasteiger partial charge in [-0.05, 0) is 39.8 Å². The minimum Gasteiger partial charge on any atom is -0.372 e. The Kier molecular flexibility index (Phi) is 3.55. The summed E-state index contributed by atoms with van der Waals surface area (Å²) < 4.78 is 0. The molecule has 2 rings (SSSR count). The third kappa shape index (κ3) is 2.59. The van der Waals surface area contributed by atoms with E-state index in [4.69, 9.17) is 0 Å². The van der Waals surface area contributed by atoms with Crippen LogP contribution in [0.1, 0.15) is 31.7 Å². The molecule has 1 fully saturated rings. The Hall–Kier alpha value is -1.91. The van der Waals surface area contributed by atoms with E-state index >= 15 is 0 Å². The Labute approximate surface area is 113 Å². The predicted octanol–water partition coefficient (Wildman–Crippen LogP) is 1.65. The van der Waals surface area contributed by atoms with Gasteiger partial charge in [-0.25, -0.2) is 0 Å². The molecule has 2 heterocycles. The van der Waals surface area contributed by atoms with Gasteiger partial charge in [-0.1, -0.05) is 0 Å². The maximum atomic E-state index is 12.2. The highest BCUT2D eigenvalue weighted by Crippen LogP contribution is 2.21. The van der Waals surface area contributed by atoms with Gasteiger partial charge in [0, 0.05) is 11.7 Å². The first-order chi connectivity index (χ1) is 8.90. The number of hydrogen-bond acceptors (Lipinski definition) is 4. The van der Waals surface area contributed by atoms with Gasteiger partial charge in [0.15, 0.2) is 0 Å². The number of carbonyl (C=O) groups excluding carboxylic acids is 2. The van der Waals surface area contributed by atoms with Crippen molar-refractivity contribution in [1.29, 1.82) is 0 Å². The SMILES string of the molecule is Cc1ccc(NC2CC(=O)N(C(C)C)C2=O)c(C)n1. The monoisotopic (exact) mass is 261 g/mol. The van der Waals surface area contributed by atoms with Gasteiger partial charge in [0.1, 0.15) is 6.04 Å². The maximum absolute atomic E-state index is 12.2. The summed E-state index contributed by atoms with van der Waals surface area (Å²) in [6, 6.07) is 3.21. The molecule has 5 heteroatoms. The van der Waals surface area contributed by atoms with Gasteiger partial charge in [0.25, 0.3) is 5.91 Å². The van der Waals surface area contributed by atoms with Crippen LogP contribution in [-0.4, -0.2) is 33.8 Å². The third-order valence-corrected chi connectivity index (χ3v) is 3.25. The first kappa shape index (κ1) is 13.5. The van der Waals surface area contributed by atoms with E-state index in [1.807, 2.05) is 39.8 Å². The normalized spacial score (nSPS) is 19.4. The van der Waals surface area contributed by atoms with Crippen LogP contribution < -0.4 is 5.32 Å². The fraction of sp³-hybridized carbons (Fsp3) is 0.500. The van der Waals surface area contributed by atoms with E-state index in [1.165, 1.54) is 4.90 Å². The first-order valence-electron chi connectivity index (χ1n) is 6.47. The summed E-state index contributed by atoms with van der Waals surface area (Å²) in [5.41, 5.74) is 2.58. The van der Waals surface area contributed by atoms with E-state index in [0.29, 0.717) is 0 Å². The number of likely N-dealkylation sites (tertiary alicyclic amines) is 1. The van der Waals surface area contributed by atoms with Crippen LogP contribution in [0.3, 0.4) is 0 Å². The Morgan fingerprint density at radius 2 is 2.00 bits per heavy atom. The molecule has 5 nitrogen and oxygen atoms in total. The number of imide groups is 1. The second-order valence-electron chi connectivity index (χ2n) is 5.18. The highest BCUT2D eigenvalue weighted by molar-refractivity contribution is 6.07. The lowest BCUT2D eigenvalue weighted by Gasteiger charge is -2.19. The highest BCUT2D eigenvalue weighted by atomic mass is 16.2. The number of nitrogens with zero attached hydrogens (tertiary/aromatic N) is 2. The molecule has 1 unspecified atom stereocenters. The molecular formula is C14H19N3O2. The number of anilines is 1. The van der Waals surface area contributed by atoms with Crippen LogP contribution in [0.4, 0.5) is 5.69 Å². The smallest absolute Gasteiger partial charge is 0.252 e. The molecular weight excluding hydrogens is 242 g/mol. The summed E-state index contributed by atoms with van der Waals surface area (Å²) in [7, 11) is 0. The predicted molar refractivity (Wildman–Crippen MR) is 72.7 cm³/mol. The maximum Gasteiger partial charge on any atom is 0.252 e. The topological polar surface area (TPSA) is 62.3 Å².